The normalized spacial score (nSPS) is 16.0. The maximum Gasteiger partial charge on any atom is 0.306 e. The van der Waals surface area contributed by atoms with Gasteiger partial charge >= 0.3 is 5.97 Å². The number of carboxylic acids is 1. The van der Waals surface area contributed by atoms with E-state index in [0.29, 0.717) is 32.5 Å². The number of likely N-dealkylation sites (tertiary alicyclic amines) is 1. The van der Waals surface area contributed by atoms with Gasteiger partial charge < -0.3 is 19.6 Å². The van der Waals surface area contributed by atoms with Gasteiger partial charge in [0.1, 0.15) is 6.61 Å². The molecule has 0 unspecified atom stereocenters. The molecule has 2 amide bonds. The second kappa shape index (κ2) is 7.84. The van der Waals surface area contributed by atoms with Crippen LogP contribution in [0.5, 0.6) is 0 Å². The zero-order valence-corrected chi connectivity index (χ0v) is 12.0. The third-order valence-corrected chi connectivity index (χ3v) is 3.42. The zero-order valence-electron chi connectivity index (χ0n) is 12.0. The standard InChI is InChI=1S/C13H22N2O5/c1-3-20-9-12(17)14(2)8-11(16)15-6-4-10(5-7-15)13(18)19/h10H,3-9H2,1-2H3,(H,18,19). The number of carbonyl (C=O) groups excluding carboxylic acids is 2. The fourth-order valence-electron chi connectivity index (χ4n) is 2.07. The molecule has 0 aromatic rings. The maximum absolute atomic E-state index is 12.0. The van der Waals surface area contributed by atoms with Gasteiger partial charge in [0, 0.05) is 26.7 Å². The fraction of sp³-hybridized carbons (Fsp3) is 0.769. The Morgan fingerprint density at radius 1 is 1.30 bits per heavy atom. The van der Waals surface area contributed by atoms with Crippen LogP contribution in [0.25, 0.3) is 0 Å². The highest BCUT2D eigenvalue weighted by Gasteiger charge is 2.27. The Balaban J connectivity index is 2.36. The van der Waals surface area contributed by atoms with Gasteiger partial charge in [0.25, 0.3) is 0 Å². The number of likely N-dealkylation sites (N-methyl/N-ethyl adjacent to an activating group) is 1. The SMILES string of the molecule is CCOCC(=O)N(C)CC(=O)N1CCC(C(=O)O)CC1. The molecule has 0 aliphatic carbocycles. The van der Waals surface area contributed by atoms with Crippen LogP contribution in [0.15, 0.2) is 0 Å². The third kappa shape index (κ3) is 4.80. The van der Waals surface area contributed by atoms with Gasteiger partial charge in [0.15, 0.2) is 0 Å². The van der Waals surface area contributed by atoms with E-state index in [9.17, 15) is 14.4 Å². The summed E-state index contributed by atoms with van der Waals surface area (Å²) in [5.74, 6) is -1.56. The Labute approximate surface area is 118 Å². The maximum atomic E-state index is 12.0. The van der Waals surface area contributed by atoms with E-state index >= 15 is 0 Å². The lowest BCUT2D eigenvalue weighted by Crippen LogP contribution is -2.46. The predicted octanol–water partition coefficient (Wildman–Crippen LogP) is -0.195. The molecule has 1 heterocycles. The molecular formula is C13H22N2O5. The second-order valence-corrected chi connectivity index (χ2v) is 4.88. The minimum absolute atomic E-state index is 0.00362. The van der Waals surface area contributed by atoms with E-state index < -0.39 is 5.97 Å². The van der Waals surface area contributed by atoms with Crippen LogP contribution in [-0.2, 0) is 19.1 Å². The van der Waals surface area contributed by atoms with Gasteiger partial charge in [-0.15, -0.1) is 0 Å². The Bertz CT molecular complexity index is 364. The van der Waals surface area contributed by atoms with Crippen molar-refractivity contribution in [3.8, 4) is 0 Å². The second-order valence-electron chi connectivity index (χ2n) is 4.88. The number of amides is 2. The summed E-state index contributed by atoms with van der Waals surface area (Å²) >= 11 is 0. The van der Waals surface area contributed by atoms with E-state index in [1.807, 2.05) is 0 Å². The first-order chi connectivity index (χ1) is 9.45. The van der Waals surface area contributed by atoms with Crippen LogP contribution in [0.2, 0.25) is 0 Å². The lowest BCUT2D eigenvalue weighted by atomic mass is 9.97. The largest absolute Gasteiger partial charge is 0.481 e. The molecule has 114 valence electrons. The minimum Gasteiger partial charge on any atom is -0.481 e. The van der Waals surface area contributed by atoms with Crippen LogP contribution in [0.1, 0.15) is 19.8 Å². The first kappa shape index (κ1) is 16.4. The smallest absolute Gasteiger partial charge is 0.306 e. The molecule has 1 N–H and O–H groups in total. The fourth-order valence-corrected chi connectivity index (χ4v) is 2.07. The van der Waals surface area contributed by atoms with E-state index in [1.165, 1.54) is 4.90 Å². The molecule has 0 atom stereocenters. The first-order valence-electron chi connectivity index (χ1n) is 6.78. The Morgan fingerprint density at radius 3 is 2.40 bits per heavy atom. The summed E-state index contributed by atoms with van der Waals surface area (Å²) in [7, 11) is 1.56. The highest BCUT2D eigenvalue weighted by Crippen LogP contribution is 2.17. The van der Waals surface area contributed by atoms with Crippen LogP contribution >= 0.6 is 0 Å². The van der Waals surface area contributed by atoms with Gasteiger partial charge in [0.2, 0.25) is 11.8 Å². The Hall–Kier alpha value is -1.63. The summed E-state index contributed by atoms with van der Waals surface area (Å²) < 4.78 is 5.00. The van der Waals surface area contributed by atoms with Crippen LogP contribution in [0, 0.1) is 5.92 Å². The Morgan fingerprint density at radius 2 is 1.90 bits per heavy atom. The van der Waals surface area contributed by atoms with Crippen LogP contribution in [0.4, 0.5) is 0 Å². The molecule has 1 aliphatic rings. The van der Waals surface area contributed by atoms with Gasteiger partial charge in [-0.25, -0.2) is 0 Å². The van der Waals surface area contributed by atoms with Crippen molar-refractivity contribution in [2.75, 3.05) is 39.9 Å². The highest BCUT2D eigenvalue weighted by atomic mass is 16.5. The third-order valence-electron chi connectivity index (χ3n) is 3.42. The molecule has 20 heavy (non-hydrogen) atoms. The van der Waals surface area contributed by atoms with Gasteiger partial charge in [-0.2, -0.15) is 0 Å². The number of piperidine rings is 1. The molecule has 1 rings (SSSR count). The molecule has 7 heteroatoms. The quantitative estimate of drug-likeness (QED) is 0.731. The summed E-state index contributed by atoms with van der Waals surface area (Å²) in [6.45, 7) is 3.10. The minimum atomic E-state index is -0.805. The average molecular weight is 286 g/mol. The van der Waals surface area contributed by atoms with E-state index in [1.54, 1.807) is 18.9 Å². The number of ether oxygens (including phenoxy) is 1. The molecule has 0 aromatic carbocycles. The number of nitrogens with zero attached hydrogens (tertiary/aromatic N) is 2. The van der Waals surface area contributed by atoms with Crippen molar-refractivity contribution in [2.24, 2.45) is 5.92 Å². The van der Waals surface area contributed by atoms with Crippen molar-refractivity contribution in [3.63, 3.8) is 0 Å². The van der Waals surface area contributed by atoms with Crippen LogP contribution in [-0.4, -0.2) is 72.6 Å². The van der Waals surface area contributed by atoms with Crippen molar-refractivity contribution < 1.29 is 24.2 Å². The average Bonchev–Trinajstić information content (AvgIpc) is 2.44. The number of rotatable bonds is 6. The Kier molecular flexibility index (Phi) is 6.44. The monoisotopic (exact) mass is 286 g/mol. The van der Waals surface area contributed by atoms with E-state index in [4.69, 9.17) is 9.84 Å². The summed E-state index contributed by atoms with van der Waals surface area (Å²) in [6, 6.07) is 0. The van der Waals surface area contributed by atoms with Gasteiger partial charge in [-0.1, -0.05) is 0 Å². The van der Waals surface area contributed by atoms with Gasteiger partial charge in [0.05, 0.1) is 12.5 Å². The number of aliphatic carboxylic acids is 1. The van der Waals surface area contributed by atoms with Crippen molar-refractivity contribution in [2.45, 2.75) is 19.8 Å². The summed E-state index contributed by atoms with van der Waals surface area (Å²) in [5, 5.41) is 8.89. The number of hydrogen-bond donors (Lipinski definition) is 1. The first-order valence-corrected chi connectivity index (χ1v) is 6.78. The summed E-state index contributed by atoms with van der Waals surface area (Å²) in [4.78, 5) is 37.4. The molecule has 0 radical (unpaired) electrons. The highest BCUT2D eigenvalue weighted by molar-refractivity contribution is 5.85. The number of carboxylic acid groups (broad SMARTS) is 1. The van der Waals surface area contributed by atoms with Gasteiger partial charge in [-0.05, 0) is 19.8 Å². The lowest BCUT2D eigenvalue weighted by Gasteiger charge is -2.31. The van der Waals surface area contributed by atoms with Gasteiger partial charge in [-0.3, -0.25) is 14.4 Å². The molecule has 0 aromatic heterocycles. The molecular weight excluding hydrogens is 264 g/mol. The van der Waals surface area contributed by atoms with Crippen molar-refractivity contribution in [1.29, 1.82) is 0 Å². The number of hydrogen-bond acceptors (Lipinski definition) is 4. The van der Waals surface area contributed by atoms with Crippen molar-refractivity contribution in [1.82, 2.24) is 9.80 Å². The van der Waals surface area contributed by atoms with E-state index in [0.717, 1.165) is 0 Å². The zero-order chi connectivity index (χ0) is 15.1. The topological polar surface area (TPSA) is 87.2 Å². The van der Waals surface area contributed by atoms with Crippen LogP contribution < -0.4 is 0 Å². The van der Waals surface area contributed by atoms with Crippen molar-refractivity contribution in [3.05, 3.63) is 0 Å². The molecule has 1 fully saturated rings. The predicted molar refractivity (Wildman–Crippen MR) is 71.1 cm³/mol. The number of carbonyl (C=O) groups is 3. The van der Waals surface area contributed by atoms with E-state index in [-0.39, 0.29) is 30.9 Å². The lowest BCUT2D eigenvalue weighted by molar-refractivity contribution is -0.147. The molecule has 0 saturated carbocycles. The van der Waals surface area contributed by atoms with E-state index in [2.05, 4.69) is 0 Å². The molecule has 1 saturated heterocycles. The molecule has 1 aliphatic heterocycles. The molecule has 7 nitrogen and oxygen atoms in total. The molecule has 0 bridgehead atoms. The summed E-state index contributed by atoms with van der Waals surface area (Å²) in [6.07, 6.45) is 0.940. The van der Waals surface area contributed by atoms with Crippen LogP contribution in [0.3, 0.4) is 0 Å². The van der Waals surface area contributed by atoms with Crippen molar-refractivity contribution >= 4 is 17.8 Å². The molecule has 0 spiro atoms. The summed E-state index contributed by atoms with van der Waals surface area (Å²) in [5.41, 5.74) is 0.